The molecule has 0 aliphatic heterocycles. The Morgan fingerprint density at radius 1 is 1.09 bits per heavy atom. The topological polar surface area (TPSA) is 41.6 Å². The van der Waals surface area contributed by atoms with Gasteiger partial charge in [-0.3, -0.25) is 15.2 Å². The number of amides is 1. The Bertz CT molecular complexity index is 630. The number of hydrogen-bond donors (Lipinski definition) is 1. The van der Waals surface area contributed by atoms with Gasteiger partial charge in [0.05, 0.1) is 5.69 Å². The van der Waals surface area contributed by atoms with E-state index in [1.807, 2.05) is 51.1 Å². The molecular weight excluding hydrogens is 276 g/mol. The number of benzene rings is 2. The van der Waals surface area contributed by atoms with E-state index in [1.165, 1.54) is 5.56 Å². The number of ether oxygens (including phenoxy) is 1. The lowest BCUT2D eigenvalue weighted by molar-refractivity contribution is -0.123. The van der Waals surface area contributed by atoms with E-state index < -0.39 is 0 Å². The minimum atomic E-state index is -0.189. The first-order valence-corrected chi connectivity index (χ1v) is 7.26. The molecule has 2 aromatic carbocycles. The summed E-state index contributed by atoms with van der Waals surface area (Å²) >= 11 is 0. The molecule has 4 heteroatoms. The molecule has 0 unspecified atom stereocenters. The van der Waals surface area contributed by atoms with Crippen molar-refractivity contribution in [3.05, 3.63) is 59.2 Å². The molecule has 0 saturated carbocycles. The van der Waals surface area contributed by atoms with E-state index in [4.69, 9.17) is 4.74 Å². The molecule has 0 aliphatic rings. The van der Waals surface area contributed by atoms with Crippen LogP contribution in [0.4, 0.5) is 5.69 Å². The second-order valence-corrected chi connectivity index (χ2v) is 5.45. The summed E-state index contributed by atoms with van der Waals surface area (Å²) in [5.41, 5.74) is 6.98. The number of carbonyl (C=O) groups excluding carboxylic acids is 1. The van der Waals surface area contributed by atoms with Crippen LogP contribution in [-0.2, 0) is 4.79 Å². The van der Waals surface area contributed by atoms with Crippen LogP contribution in [0.2, 0.25) is 0 Å². The van der Waals surface area contributed by atoms with Gasteiger partial charge in [0.25, 0.3) is 5.91 Å². The van der Waals surface area contributed by atoms with Crippen LogP contribution in [-0.4, -0.2) is 19.6 Å². The van der Waals surface area contributed by atoms with Gasteiger partial charge in [-0.15, -0.1) is 0 Å². The summed E-state index contributed by atoms with van der Waals surface area (Å²) in [6.45, 7) is 6.01. The summed E-state index contributed by atoms with van der Waals surface area (Å²) in [6.07, 6.45) is 0. The molecule has 0 aromatic heterocycles. The van der Waals surface area contributed by atoms with E-state index in [1.54, 1.807) is 12.1 Å². The van der Waals surface area contributed by atoms with E-state index in [2.05, 4.69) is 17.6 Å². The first-order valence-electron chi connectivity index (χ1n) is 7.26. The van der Waals surface area contributed by atoms with Crippen molar-refractivity contribution in [1.82, 2.24) is 5.43 Å². The Morgan fingerprint density at radius 3 is 2.27 bits per heavy atom. The summed E-state index contributed by atoms with van der Waals surface area (Å²) in [7, 11) is 1.80. The van der Waals surface area contributed by atoms with Crippen LogP contribution >= 0.6 is 0 Å². The summed E-state index contributed by atoms with van der Waals surface area (Å²) in [4.78, 5) is 12.0. The van der Waals surface area contributed by atoms with E-state index >= 15 is 0 Å². The van der Waals surface area contributed by atoms with Gasteiger partial charge in [0, 0.05) is 7.05 Å². The monoisotopic (exact) mass is 298 g/mol. The molecule has 0 radical (unpaired) electrons. The highest BCUT2D eigenvalue weighted by atomic mass is 16.5. The van der Waals surface area contributed by atoms with Crippen LogP contribution in [0.5, 0.6) is 5.75 Å². The molecular formula is C18H22N2O2. The molecule has 1 amide bonds. The van der Waals surface area contributed by atoms with Gasteiger partial charge in [0.15, 0.2) is 6.61 Å². The molecule has 0 saturated heterocycles. The van der Waals surface area contributed by atoms with Crippen LogP contribution < -0.4 is 15.2 Å². The second kappa shape index (κ2) is 6.98. The zero-order valence-electron chi connectivity index (χ0n) is 13.5. The Hall–Kier alpha value is -2.49. The maximum absolute atomic E-state index is 12.0. The van der Waals surface area contributed by atoms with Crippen molar-refractivity contribution in [2.24, 2.45) is 0 Å². The van der Waals surface area contributed by atoms with Gasteiger partial charge < -0.3 is 4.74 Å². The summed E-state index contributed by atoms with van der Waals surface area (Å²) < 4.78 is 5.68. The minimum Gasteiger partial charge on any atom is -0.483 e. The fourth-order valence-corrected chi connectivity index (χ4v) is 2.47. The predicted molar refractivity (Wildman–Crippen MR) is 89.1 cm³/mol. The third-order valence-corrected chi connectivity index (χ3v) is 3.39. The van der Waals surface area contributed by atoms with E-state index in [0.29, 0.717) is 0 Å². The number of hydrazine groups is 1. The molecule has 0 aliphatic carbocycles. The lowest BCUT2D eigenvalue weighted by atomic mass is 10.1. The quantitative estimate of drug-likeness (QED) is 0.862. The normalized spacial score (nSPS) is 10.2. The zero-order valence-corrected chi connectivity index (χ0v) is 13.5. The lowest BCUT2D eigenvalue weighted by Crippen LogP contribution is -2.42. The van der Waals surface area contributed by atoms with Gasteiger partial charge in [-0.2, -0.15) is 0 Å². The number of nitrogens with one attached hydrogen (secondary N) is 1. The van der Waals surface area contributed by atoms with Crippen molar-refractivity contribution in [2.75, 3.05) is 18.7 Å². The van der Waals surface area contributed by atoms with Crippen LogP contribution in [0.25, 0.3) is 0 Å². The molecule has 1 N–H and O–H groups in total. The maximum Gasteiger partial charge on any atom is 0.276 e. The van der Waals surface area contributed by atoms with E-state index in [9.17, 15) is 4.79 Å². The predicted octanol–water partition coefficient (Wildman–Crippen LogP) is 3.16. The standard InChI is InChI=1S/C18H22N2O2/c1-13-10-14(2)18(15(3)11-13)22-12-17(21)19-20(4)16-8-6-5-7-9-16/h5-11H,12H2,1-4H3,(H,19,21). The van der Waals surface area contributed by atoms with Crippen molar-refractivity contribution < 1.29 is 9.53 Å². The third-order valence-electron chi connectivity index (χ3n) is 3.39. The van der Waals surface area contributed by atoms with Gasteiger partial charge in [-0.1, -0.05) is 35.9 Å². The zero-order chi connectivity index (χ0) is 16.1. The van der Waals surface area contributed by atoms with Crippen LogP contribution in [0.3, 0.4) is 0 Å². The number of anilines is 1. The molecule has 22 heavy (non-hydrogen) atoms. The highest BCUT2D eigenvalue weighted by molar-refractivity contribution is 5.79. The summed E-state index contributed by atoms with van der Waals surface area (Å²) in [5, 5.41) is 1.68. The fraction of sp³-hybridized carbons (Fsp3) is 0.278. The molecule has 4 nitrogen and oxygen atoms in total. The number of para-hydroxylation sites is 1. The Labute approximate surface area is 131 Å². The smallest absolute Gasteiger partial charge is 0.276 e. The summed E-state index contributed by atoms with van der Waals surface area (Å²) in [5.74, 6) is 0.592. The van der Waals surface area contributed by atoms with Crippen molar-refractivity contribution >= 4 is 11.6 Å². The first kappa shape index (κ1) is 15.9. The number of hydrogen-bond acceptors (Lipinski definition) is 3. The Kier molecular flexibility index (Phi) is 5.04. The van der Waals surface area contributed by atoms with Gasteiger partial charge in [-0.25, -0.2) is 0 Å². The minimum absolute atomic E-state index is 0.0120. The van der Waals surface area contributed by atoms with Gasteiger partial charge in [-0.05, 0) is 44.0 Å². The number of carbonyl (C=O) groups is 1. The van der Waals surface area contributed by atoms with Crippen molar-refractivity contribution in [2.45, 2.75) is 20.8 Å². The highest BCUT2D eigenvalue weighted by Gasteiger charge is 2.10. The maximum atomic E-state index is 12.0. The molecule has 0 spiro atoms. The van der Waals surface area contributed by atoms with Crippen LogP contribution in [0.1, 0.15) is 16.7 Å². The SMILES string of the molecule is Cc1cc(C)c(OCC(=O)NN(C)c2ccccc2)c(C)c1. The molecule has 116 valence electrons. The first-order chi connectivity index (χ1) is 10.5. The summed E-state index contributed by atoms with van der Waals surface area (Å²) in [6, 6.07) is 13.7. The Morgan fingerprint density at radius 2 is 1.68 bits per heavy atom. The molecule has 0 fully saturated rings. The highest BCUT2D eigenvalue weighted by Crippen LogP contribution is 2.24. The van der Waals surface area contributed by atoms with Crippen molar-refractivity contribution in [3.8, 4) is 5.75 Å². The molecule has 0 atom stereocenters. The van der Waals surface area contributed by atoms with Gasteiger partial charge >= 0.3 is 0 Å². The van der Waals surface area contributed by atoms with Crippen LogP contribution in [0.15, 0.2) is 42.5 Å². The molecule has 2 rings (SSSR count). The van der Waals surface area contributed by atoms with Crippen LogP contribution in [0, 0.1) is 20.8 Å². The average molecular weight is 298 g/mol. The van der Waals surface area contributed by atoms with Crippen molar-refractivity contribution in [1.29, 1.82) is 0 Å². The van der Waals surface area contributed by atoms with E-state index in [-0.39, 0.29) is 12.5 Å². The Balaban J connectivity index is 1.94. The van der Waals surface area contributed by atoms with Gasteiger partial charge in [0.2, 0.25) is 0 Å². The second-order valence-electron chi connectivity index (χ2n) is 5.45. The molecule has 2 aromatic rings. The number of rotatable bonds is 5. The lowest BCUT2D eigenvalue weighted by Gasteiger charge is -2.20. The number of nitrogens with zero attached hydrogens (tertiary/aromatic N) is 1. The van der Waals surface area contributed by atoms with E-state index in [0.717, 1.165) is 22.6 Å². The number of aryl methyl sites for hydroxylation is 3. The average Bonchev–Trinajstić information content (AvgIpc) is 2.47. The van der Waals surface area contributed by atoms with Gasteiger partial charge in [0.1, 0.15) is 5.75 Å². The van der Waals surface area contributed by atoms with Crippen molar-refractivity contribution in [3.63, 3.8) is 0 Å². The molecule has 0 bridgehead atoms. The molecule has 0 heterocycles. The fourth-order valence-electron chi connectivity index (χ4n) is 2.47. The largest absolute Gasteiger partial charge is 0.483 e. The third kappa shape index (κ3) is 4.01.